The fourth-order valence-electron chi connectivity index (χ4n) is 2.09. The van der Waals surface area contributed by atoms with Gasteiger partial charge in [0.15, 0.2) is 5.82 Å². The van der Waals surface area contributed by atoms with E-state index in [1.165, 1.54) is 6.42 Å². The molecule has 1 aromatic rings. The molecule has 1 N–H and O–H groups in total. The van der Waals surface area contributed by atoms with E-state index in [1.807, 2.05) is 0 Å². The average Bonchev–Trinajstić information content (AvgIpc) is 2.84. The standard InChI is InChI=1S/C10H17N3O2/c1-2-13-6-3-4-8(13)10-11-9(5-7-14)12-15-10/h8,14H,2-7H2,1H3. The maximum Gasteiger partial charge on any atom is 0.243 e. The summed E-state index contributed by atoms with van der Waals surface area (Å²) in [6.07, 6.45) is 2.76. The van der Waals surface area contributed by atoms with Crippen molar-refractivity contribution in [1.29, 1.82) is 0 Å². The van der Waals surface area contributed by atoms with E-state index >= 15 is 0 Å². The zero-order valence-corrected chi connectivity index (χ0v) is 9.02. The Balaban J connectivity index is 2.07. The van der Waals surface area contributed by atoms with E-state index in [1.54, 1.807) is 0 Å². The molecule has 0 amide bonds. The summed E-state index contributed by atoms with van der Waals surface area (Å²) in [6.45, 7) is 4.34. The minimum Gasteiger partial charge on any atom is -0.396 e. The highest BCUT2D eigenvalue weighted by atomic mass is 16.5. The first-order chi connectivity index (χ1) is 7.35. The maximum absolute atomic E-state index is 8.76. The Kier molecular flexibility index (Phi) is 3.33. The molecule has 0 spiro atoms. The van der Waals surface area contributed by atoms with Crippen molar-refractivity contribution in [3.8, 4) is 0 Å². The van der Waals surface area contributed by atoms with Crippen LogP contribution >= 0.6 is 0 Å². The predicted octanol–water partition coefficient (Wildman–Crippen LogP) is 0.761. The quantitative estimate of drug-likeness (QED) is 0.796. The van der Waals surface area contributed by atoms with Crippen LogP contribution < -0.4 is 0 Å². The molecule has 1 atom stereocenters. The normalized spacial score (nSPS) is 22.4. The molecular formula is C10H17N3O2. The zero-order valence-electron chi connectivity index (χ0n) is 9.02. The van der Waals surface area contributed by atoms with Crippen molar-refractivity contribution in [2.75, 3.05) is 19.7 Å². The summed E-state index contributed by atoms with van der Waals surface area (Å²) in [5.41, 5.74) is 0. The Morgan fingerprint density at radius 2 is 2.47 bits per heavy atom. The van der Waals surface area contributed by atoms with Gasteiger partial charge in [-0.3, -0.25) is 4.90 Å². The van der Waals surface area contributed by atoms with Gasteiger partial charge in [-0.2, -0.15) is 4.98 Å². The van der Waals surface area contributed by atoms with Crippen molar-refractivity contribution in [3.63, 3.8) is 0 Å². The fraction of sp³-hybridized carbons (Fsp3) is 0.800. The number of aliphatic hydroxyl groups is 1. The summed E-state index contributed by atoms with van der Waals surface area (Å²) < 4.78 is 5.22. The molecule has 1 fully saturated rings. The van der Waals surface area contributed by atoms with E-state index < -0.39 is 0 Å². The molecule has 1 aliphatic rings. The van der Waals surface area contributed by atoms with E-state index in [9.17, 15) is 0 Å². The topological polar surface area (TPSA) is 62.4 Å². The largest absolute Gasteiger partial charge is 0.396 e. The third-order valence-corrected chi connectivity index (χ3v) is 2.87. The van der Waals surface area contributed by atoms with Crippen LogP contribution in [0.5, 0.6) is 0 Å². The van der Waals surface area contributed by atoms with Gasteiger partial charge in [-0.15, -0.1) is 0 Å². The molecular weight excluding hydrogens is 194 g/mol. The number of hydrogen-bond acceptors (Lipinski definition) is 5. The van der Waals surface area contributed by atoms with Crippen molar-refractivity contribution in [3.05, 3.63) is 11.7 Å². The number of hydrogen-bond donors (Lipinski definition) is 1. The van der Waals surface area contributed by atoms with Crippen LogP contribution in [-0.4, -0.2) is 39.8 Å². The van der Waals surface area contributed by atoms with E-state index in [0.717, 1.165) is 19.5 Å². The number of aromatic nitrogens is 2. The number of rotatable bonds is 4. The molecule has 0 bridgehead atoms. The van der Waals surface area contributed by atoms with E-state index in [4.69, 9.17) is 9.63 Å². The Labute approximate surface area is 89.1 Å². The van der Waals surface area contributed by atoms with Crippen molar-refractivity contribution >= 4 is 0 Å². The summed E-state index contributed by atoms with van der Waals surface area (Å²) in [5.74, 6) is 1.31. The lowest BCUT2D eigenvalue weighted by Crippen LogP contribution is -2.22. The van der Waals surface area contributed by atoms with Gasteiger partial charge in [-0.05, 0) is 25.9 Å². The minimum absolute atomic E-state index is 0.0706. The van der Waals surface area contributed by atoms with Crippen LogP contribution in [0.2, 0.25) is 0 Å². The first kappa shape index (κ1) is 10.6. The number of likely N-dealkylation sites (tertiary alicyclic amines) is 1. The van der Waals surface area contributed by atoms with Crippen LogP contribution in [-0.2, 0) is 6.42 Å². The van der Waals surface area contributed by atoms with Gasteiger partial charge in [-0.1, -0.05) is 12.1 Å². The zero-order chi connectivity index (χ0) is 10.7. The van der Waals surface area contributed by atoms with Gasteiger partial charge in [-0.25, -0.2) is 0 Å². The molecule has 0 aliphatic carbocycles. The van der Waals surface area contributed by atoms with E-state index in [-0.39, 0.29) is 12.6 Å². The molecule has 1 aliphatic heterocycles. The number of aliphatic hydroxyl groups excluding tert-OH is 1. The highest BCUT2D eigenvalue weighted by Crippen LogP contribution is 2.30. The van der Waals surface area contributed by atoms with Gasteiger partial charge in [0.25, 0.3) is 0 Å². The molecule has 15 heavy (non-hydrogen) atoms. The second-order valence-corrected chi connectivity index (χ2v) is 3.81. The first-order valence-corrected chi connectivity index (χ1v) is 5.52. The lowest BCUT2D eigenvalue weighted by atomic mass is 10.2. The van der Waals surface area contributed by atoms with Crippen LogP contribution in [0, 0.1) is 0 Å². The van der Waals surface area contributed by atoms with Gasteiger partial charge in [0, 0.05) is 6.42 Å². The van der Waals surface area contributed by atoms with E-state index in [2.05, 4.69) is 22.0 Å². The maximum atomic E-state index is 8.76. The van der Waals surface area contributed by atoms with Gasteiger partial charge in [0.1, 0.15) is 0 Å². The smallest absolute Gasteiger partial charge is 0.243 e. The molecule has 0 saturated carbocycles. The highest BCUT2D eigenvalue weighted by Gasteiger charge is 2.29. The lowest BCUT2D eigenvalue weighted by molar-refractivity contribution is 0.216. The lowest BCUT2D eigenvalue weighted by Gasteiger charge is -2.18. The van der Waals surface area contributed by atoms with Crippen molar-refractivity contribution in [2.45, 2.75) is 32.2 Å². The summed E-state index contributed by atoms with van der Waals surface area (Å²) >= 11 is 0. The Morgan fingerprint density at radius 1 is 1.60 bits per heavy atom. The molecule has 5 heteroatoms. The van der Waals surface area contributed by atoms with Crippen LogP contribution in [0.4, 0.5) is 0 Å². The Hall–Kier alpha value is -0.940. The molecule has 2 heterocycles. The Bertz CT molecular complexity index is 313. The summed E-state index contributed by atoms with van der Waals surface area (Å²) in [5, 5.41) is 12.6. The third kappa shape index (κ3) is 2.18. The van der Waals surface area contributed by atoms with Gasteiger partial charge in [0.2, 0.25) is 5.89 Å². The van der Waals surface area contributed by atoms with Gasteiger partial charge in [0.05, 0.1) is 12.6 Å². The SMILES string of the molecule is CCN1CCCC1c1nc(CCO)no1. The minimum atomic E-state index is 0.0706. The van der Waals surface area contributed by atoms with Crippen LogP contribution in [0.25, 0.3) is 0 Å². The molecule has 2 rings (SSSR count). The molecule has 1 saturated heterocycles. The van der Waals surface area contributed by atoms with E-state index in [0.29, 0.717) is 18.1 Å². The molecule has 0 aromatic carbocycles. The van der Waals surface area contributed by atoms with Crippen molar-refractivity contribution < 1.29 is 9.63 Å². The third-order valence-electron chi connectivity index (χ3n) is 2.87. The first-order valence-electron chi connectivity index (χ1n) is 5.52. The predicted molar refractivity (Wildman–Crippen MR) is 54.3 cm³/mol. The second-order valence-electron chi connectivity index (χ2n) is 3.81. The van der Waals surface area contributed by atoms with Crippen molar-refractivity contribution in [1.82, 2.24) is 15.0 Å². The Morgan fingerprint density at radius 3 is 3.20 bits per heavy atom. The molecule has 1 aromatic heterocycles. The fourth-order valence-corrected chi connectivity index (χ4v) is 2.09. The monoisotopic (exact) mass is 211 g/mol. The van der Waals surface area contributed by atoms with Crippen LogP contribution in [0.3, 0.4) is 0 Å². The molecule has 1 unspecified atom stereocenters. The second kappa shape index (κ2) is 4.72. The molecule has 5 nitrogen and oxygen atoms in total. The van der Waals surface area contributed by atoms with Crippen LogP contribution in [0.1, 0.15) is 37.5 Å². The molecule has 0 radical (unpaired) electrons. The average molecular weight is 211 g/mol. The number of nitrogens with zero attached hydrogens (tertiary/aromatic N) is 3. The summed E-state index contributed by atoms with van der Waals surface area (Å²) in [6, 6.07) is 0.287. The highest BCUT2D eigenvalue weighted by molar-refractivity contribution is 4.96. The summed E-state index contributed by atoms with van der Waals surface area (Å²) in [4.78, 5) is 6.64. The summed E-state index contributed by atoms with van der Waals surface area (Å²) in [7, 11) is 0. The van der Waals surface area contributed by atoms with Crippen LogP contribution in [0.15, 0.2) is 4.52 Å². The van der Waals surface area contributed by atoms with Crippen molar-refractivity contribution in [2.24, 2.45) is 0 Å². The molecule has 84 valence electrons. The van der Waals surface area contributed by atoms with Gasteiger partial charge < -0.3 is 9.63 Å². The van der Waals surface area contributed by atoms with Gasteiger partial charge >= 0.3 is 0 Å².